The second-order valence-corrected chi connectivity index (χ2v) is 6.27. The third kappa shape index (κ3) is 2.45. The van der Waals surface area contributed by atoms with Gasteiger partial charge in [0.25, 0.3) is 0 Å². The number of hydrogen-bond donors (Lipinski definition) is 1. The van der Waals surface area contributed by atoms with Crippen LogP contribution in [0.4, 0.5) is 0 Å². The number of phenols is 1. The maximum atomic E-state index is 9.85. The molecule has 1 aliphatic rings. The molecule has 0 bridgehead atoms. The Kier molecular flexibility index (Phi) is 3.19. The highest BCUT2D eigenvalue weighted by Gasteiger charge is 2.32. The molecular weight excluding hydrogens is 256 g/mol. The third-order valence-corrected chi connectivity index (χ3v) is 4.62. The lowest BCUT2D eigenvalue weighted by atomic mass is 10.1. The van der Waals surface area contributed by atoms with Crippen molar-refractivity contribution in [2.45, 2.75) is 37.2 Å². The van der Waals surface area contributed by atoms with Crippen molar-refractivity contribution in [3.8, 4) is 5.75 Å². The molecule has 98 valence electrons. The smallest absolute Gasteiger partial charge is 0.360 e. The van der Waals surface area contributed by atoms with Crippen LogP contribution in [0.3, 0.4) is 0 Å². The van der Waals surface area contributed by atoms with Gasteiger partial charge in [0, 0.05) is 13.0 Å². The van der Waals surface area contributed by atoms with E-state index in [9.17, 15) is 5.11 Å². The monoisotopic (exact) mass is 273 g/mol. The summed E-state index contributed by atoms with van der Waals surface area (Å²) in [6.07, 6.45) is 0.874. The topological polar surface area (TPSA) is 37.0 Å². The summed E-state index contributed by atoms with van der Waals surface area (Å²) < 4.78 is 2.27. The van der Waals surface area contributed by atoms with Crippen molar-refractivity contribution in [1.29, 1.82) is 0 Å². The summed E-state index contributed by atoms with van der Waals surface area (Å²) in [7, 11) is 0. The number of rotatable bonds is 2. The largest absolute Gasteiger partial charge is 0.508 e. The van der Waals surface area contributed by atoms with Gasteiger partial charge in [-0.2, -0.15) is 0 Å². The molecular formula is C15H17N2OS+. The number of fused-ring (bicyclic) bond motifs is 1. The Hall–Kier alpha value is -1.55. The molecule has 1 N–H and O–H groups in total. The van der Waals surface area contributed by atoms with Crippen molar-refractivity contribution in [2.75, 3.05) is 0 Å². The predicted octanol–water partition coefficient (Wildman–Crippen LogP) is 2.41. The molecule has 3 rings (SSSR count). The van der Waals surface area contributed by atoms with Gasteiger partial charge in [0.05, 0.1) is 5.25 Å². The minimum Gasteiger partial charge on any atom is -0.508 e. The maximum Gasteiger partial charge on any atom is 0.360 e. The average molecular weight is 273 g/mol. The molecule has 2 aromatic rings. The van der Waals surface area contributed by atoms with Crippen LogP contribution in [-0.4, -0.2) is 15.3 Å². The summed E-state index contributed by atoms with van der Waals surface area (Å²) in [5.74, 6) is 0.393. The quantitative estimate of drug-likeness (QED) is 0.674. The van der Waals surface area contributed by atoms with Crippen LogP contribution in [0, 0.1) is 13.8 Å². The number of benzene rings is 1. The van der Waals surface area contributed by atoms with E-state index in [0.29, 0.717) is 11.0 Å². The predicted molar refractivity (Wildman–Crippen MR) is 75.4 cm³/mol. The van der Waals surface area contributed by atoms with E-state index in [4.69, 9.17) is 0 Å². The zero-order chi connectivity index (χ0) is 13.4. The molecule has 1 aromatic heterocycles. The van der Waals surface area contributed by atoms with Crippen LogP contribution in [0.2, 0.25) is 0 Å². The highest BCUT2D eigenvalue weighted by molar-refractivity contribution is 7.99. The second kappa shape index (κ2) is 4.85. The summed E-state index contributed by atoms with van der Waals surface area (Å²) in [5, 5.41) is 11.4. The van der Waals surface area contributed by atoms with E-state index in [1.165, 1.54) is 5.69 Å². The first-order chi connectivity index (χ1) is 9.13. The number of aromatic hydroxyl groups is 1. The summed E-state index contributed by atoms with van der Waals surface area (Å²) in [6, 6.07) is 9.70. The molecule has 19 heavy (non-hydrogen) atoms. The van der Waals surface area contributed by atoms with E-state index in [0.717, 1.165) is 29.4 Å². The van der Waals surface area contributed by atoms with Gasteiger partial charge < -0.3 is 5.11 Å². The fourth-order valence-corrected chi connectivity index (χ4v) is 3.84. The van der Waals surface area contributed by atoms with E-state index in [-0.39, 0.29) is 0 Å². The Balaban J connectivity index is 1.81. The van der Waals surface area contributed by atoms with Crippen LogP contribution in [0.25, 0.3) is 0 Å². The summed E-state index contributed by atoms with van der Waals surface area (Å²) in [5.41, 5.74) is 3.34. The Bertz CT molecular complexity index is 628. The molecule has 0 amide bonds. The normalized spacial score (nSPS) is 17.5. The van der Waals surface area contributed by atoms with Crippen LogP contribution in [0.15, 0.2) is 35.5 Å². The lowest BCUT2D eigenvalue weighted by Gasteiger charge is -2.07. The van der Waals surface area contributed by atoms with Crippen molar-refractivity contribution in [2.24, 2.45) is 0 Å². The fraction of sp³-hybridized carbons (Fsp3) is 0.333. The SMILES string of the molecule is Cc1cc(C)[n+]2c(n1)SC(Cc1ccccc1O)C2. The summed E-state index contributed by atoms with van der Waals surface area (Å²) in [6.45, 7) is 5.12. The first-order valence-electron chi connectivity index (χ1n) is 6.45. The minimum absolute atomic E-state index is 0.393. The molecule has 0 saturated carbocycles. The van der Waals surface area contributed by atoms with Crippen molar-refractivity contribution in [3.05, 3.63) is 47.3 Å². The van der Waals surface area contributed by atoms with Crippen LogP contribution in [0.5, 0.6) is 5.75 Å². The summed E-state index contributed by atoms with van der Waals surface area (Å²) >= 11 is 1.81. The molecule has 0 aliphatic carbocycles. The fourth-order valence-electron chi connectivity index (χ4n) is 2.51. The number of aryl methyl sites for hydroxylation is 2. The van der Waals surface area contributed by atoms with Gasteiger partial charge in [-0.15, -0.1) is 0 Å². The molecule has 1 atom stereocenters. The average Bonchev–Trinajstić information content (AvgIpc) is 2.75. The van der Waals surface area contributed by atoms with Crippen LogP contribution in [0.1, 0.15) is 17.0 Å². The number of aromatic nitrogens is 2. The Morgan fingerprint density at radius 3 is 2.95 bits per heavy atom. The van der Waals surface area contributed by atoms with Crippen LogP contribution in [-0.2, 0) is 13.0 Å². The number of para-hydroxylation sites is 1. The molecule has 1 unspecified atom stereocenters. The van der Waals surface area contributed by atoms with E-state index in [1.807, 2.05) is 36.9 Å². The van der Waals surface area contributed by atoms with Gasteiger partial charge in [-0.1, -0.05) is 18.2 Å². The Labute approximate surface area is 117 Å². The molecule has 1 aromatic carbocycles. The minimum atomic E-state index is 0.393. The molecule has 0 radical (unpaired) electrons. The first-order valence-corrected chi connectivity index (χ1v) is 7.33. The number of phenolic OH excluding ortho intramolecular Hbond substituents is 1. The Morgan fingerprint density at radius 1 is 1.37 bits per heavy atom. The third-order valence-electron chi connectivity index (χ3n) is 3.44. The number of nitrogens with zero attached hydrogens (tertiary/aromatic N) is 2. The lowest BCUT2D eigenvalue weighted by molar-refractivity contribution is -0.735. The van der Waals surface area contributed by atoms with Crippen LogP contribution < -0.4 is 4.57 Å². The van der Waals surface area contributed by atoms with E-state index in [1.54, 1.807) is 6.07 Å². The van der Waals surface area contributed by atoms with Gasteiger partial charge in [-0.25, -0.2) is 4.57 Å². The molecule has 4 heteroatoms. The van der Waals surface area contributed by atoms with Gasteiger partial charge in [0.1, 0.15) is 18.0 Å². The van der Waals surface area contributed by atoms with Gasteiger partial charge in [-0.3, -0.25) is 0 Å². The summed E-state index contributed by atoms with van der Waals surface area (Å²) in [4.78, 5) is 4.59. The van der Waals surface area contributed by atoms with E-state index in [2.05, 4.69) is 22.5 Å². The molecule has 3 nitrogen and oxygen atoms in total. The van der Waals surface area contributed by atoms with Gasteiger partial charge >= 0.3 is 5.16 Å². The molecule has 0 spiro atoms. The zero-order valence-electron chi connectivity index (χ0n) is 11.1. The molecule has 1 aliphatic heterocycles. The van der Waals surface area contributed by atoms with Gasteiger partial charge in [0.15, 0.2) is 5.69 Å². The van der Waals surface area contributed by atoms with Gasteiger partial charge in [0.2, 0.25) is 0 Å². The highest BCUT2D eigenvalue weighted by Crippen LogP contribution is 2.30. The van der Waals surface area contributed by atoms with E-state index >= 15 is 0 Å². The zero-order valence-corrected chi connectivity index (χ0v) is 11.9. The van der Waals surface area contributed by atoms with Crippen molar-refractivity contribution >= 4 is 11.8 Å². The number of thioether (sulfide) groups is 1. The molecule has 0 saturated heterocycles. The van der Waals surface area contributed by atoms with Gasteiger partial charge in [-0.05, 0) is 41.7 Å². The van der Waals surface area contributed by atoms with E-state index < -0.39 is 0 Å². The standard InChI is InChI=1S/C15H16N2OS/c1-10-7-11(2)17-9-13(19-15(17)16-10)8-12-5-3-4-6-14(12)18/h3-7,13H,8-9H2,1-2H3/p+1. The Morgan fingerprint density at radius 2 is 2.16 bits per heavy atom. The number of hydrogen-bond acceptors (Lipinski definition) is 3. The first kappa shape index (κ1) is 12.5. The van der Waals surface area contributed by atoms with Crippen LogP contribution >= 0.6 is 11.8 Å². The maximum absolute atomic E-state index is 9.85. The van der Waals surface area contributed by atoms with Crippen molar-refractivity contribution in [3.63, 3.8) is 0 Å². The highest BCUT2D eigenvalue weighted by atomic mass is 32.2. The van der Waals surface area contributed by atoms with Crippen molar-refractivity contribution in [1.82, 2.24) is 4.98 Å². The van der Waals surface area contributed by atoms with Crippen molar-refractivity contribution < 1.29 is 9.67 Å². The lowest BCUT2D eigenvalue weighted by Crippen LogP contribution is -2.39. The second-order valence-electron chi connectivity index (χ2n) is 5.00. The molecule has 2 heterocycles. The molecule has 0 fully saturated rings.